The number of nitrogens with zero attached hydrogens (tertiary/aromatic N) is 3. The fraction of sp³-hybridized carbons (Fsp3) is 0.320. The smallest absolute Gasteiger partial charge is 0.274 e. The predicted molar refractivity (Wildman–Crippen MR) is 128 cm³/mol. The first-order chi connectivity index (χ1) is 15.4. The van der Waals surface area contributed by atoms with Crippen molar-refractivity contribution in [1.82, 2.24) is 19.6 Å². The number of rotatable bonds is 4. The van der Waals surface area contributed by atoms with Crippen molar-refractivity contribution in [1.29, 1.82) is 0 Å². The van der Waals surface area contributed by atoms with Gasteiger partial charge < -0.3 is 14.6 Å². The number of fused-ring (bicyclic) bond motifs is 2. The van der Waals surface area contributed by atoms with Crippen molar-refractivity contribution < 1.29 is 9.59 Å². The monoisotopic (exact) mass is 446 g/mol. The van der Waals surface area contributed by atoms with Crippen LogP contribution in [-0.2, 0) is 0 Å². The van der Waals surface area contributed by atoms with E-state index in [1.54, 1.807) is 6.20 Å². The van der Waals surface area contributed by atoms with Crippen molar-refractivity contribution >= 4 is 38.9 Å². The summed E-state index contributed by atoms with van der Waals surface area (Å²) in [7, 11) is 0. The Hall–Kier alpha value is -3.19. The number of benzene rings is 1. The SMILES string of the molecule is Cc1ccn2cc(C(=O)N3CC[C@H](c4c(C(=O)NC(C)C)sc5ccccc45)C3)nc2c1. The Bertz CT molecular complexity index is 1340. The molecule has 0 spiro atoms. The second-order valence-corrected chi connectivity index (χ2v) is 9.85. The molecule has 4 aromatic rings. The number of amides is 2. The second-order valence-electron chi connectivity index (χ2n) is 8.80. The van der Waals surface area contributed by atoms with E-state index in [-0.39, 0.29) is 23.8 Å². The van der Waals surface area contributed by atoms with Crippen LogP contribution in [0.15, 0.2) is 48.8 Å². The molecule has 5 rings (SSSR count). The van der Waals surface area contributed by atoms with Gasteiger partial charge in [0.15, 0.2) is 0 Å². The standard InChI is InChI=1S/C25H26N4O2S/c1-15(2)26-24(30)23-22(18-6-4-5-7-20(18)32-23)17-9-11-29(13-17)25(31)19-14-28-10-8-16(3)12-21(28)27-19/h4-8,10,12,14-15,17H,9,11,13H2,1-3H3,(H,26,30)/t17-/m0/s1. The third-order valence-corrected chi connectivity index (χ3v) is 7.16. The number of hydrogen-bond donors (Lipinski definition) is 1. The molecule has 1 N–H and O–H groups in total. The van der Waals surface area contributed by atoms with Crippen molar-refractivity contribution in [3.63, 3.8) is 0 Å². The number of pyridine rings is 1. The Balaban J connectivity index is 1.44. The summed E-state index contributed by atoms with van der Waals surface area (Å²) in [6.45, 7) is 7.20. The maximum atomic E-state index is 13.2. The minimum absolute atomic E-state index is 0.0308. The number of thiophene rings is 1. The van der Waals surface area contributed by atoms with Crippen LogP contribution >= 0.6 is 11.3 Å². The van der Waals surface area contributed by atoms with Crippen LogP contribution in [0, 0.1) is 6.92 Å². The molecule has 32 heavy (non-hydrogen) atoms. The molecule has 1 saturated heterocycles. The Morgan fingerprint density at radius 1 is 1.22 bits per heavy atom. The van der Waals surface area contributed by atoms with E-state index in [9.17, 15) is 9.59 Å². The molecule has 1 fully saturated rings. The number of carbonyl (C=O) groups excluding carboxylic acids is 2. The number of aromatic nitrogens is 2. The van der Waals surface area contributed by atoms with Gasteiger partial charge in [0.1, 0.15) is 11.3 Å². The lowest BCUT2D eigenvalue weighted by Gasteiger charge is -2.16. The zero-order valence-corrected chi connectivity index (χ0v) is 19.3. The van der Waals surface area contributed by atoms with Crippen LogP contribution in [0.25, 0.3) is 15.7 Å². The molecule has 1 aliphatic heterocycles. The third-order valence-electron chi connectivity index (χ3n) is 5.98. The number of carbonyl (C=O) groups is 2. The van der Waals surface area contributed by atoms with Gasteiger partial charge in [-0.25, -0.2) is 4.98 Å². The molecule has 1 atom stereocenters. The van der Waals surface area contributed by atoms with Gasteiger partial charge in [0.25, 0.3) is 11.8 Å². The van der Waals surface area contributed by atoms with E-state index >= 15 is 0 Å². The number of aryl methyl sites for hydroxylation is 1. The summed E-state index contributed by atoms with van der Waals surface area (Å²) in [5.41, 5.74) is 3.43. The highest BCUT2D eigenvalue weighted by Gasteiger charge is 2.33. The van der Waals surface area contributed by atoms with E-state index in [0.717, 1.165) is 38.2 Å². The molecule has 7 heteroatoms. The zero-order chi connectivity index (χ0) is 22.4. The van der Waals surface area contributed by atoms with Crippen molar-refractivity contribution in [3.8, 4) is 0 Å². The normalized spacial score (nSPS) is 16.4. The van der Waals surface area contributed by atoms with Crippen molar-refractivity contribution in [3.05, 3.63) is 70.5 Å². The maximum absolute atomic E-state index is 13.2. The van der Waals surface area contributed by atoms with Gasteiger partial charge in [-0.3, -0.25) is 9.59 Å². The lowest BCUT2D eigenvalue weighted by Crippen LogP contribution is -2.31. The predicted octanol–water partition coefficient (Wildman–Crippen LogP) is 4.63. The van der Waals surface area contributed by atoms with E-state index in [1.807, 2.05) is 60.5 Å². The zero-order valence-electron chi connectivity index (χ0n) is 18.5. The Labute approximate surface area is 190 Å². The Morgan fingerprint density at radius 3 is 2.84 bits per heavy atom. The van der Waals surface area contributed by atoms with Crippen molar-refractivity contribution in [2.24, 2.45) is 0 Å². The topological polar surface area (TPSA) is 66.7 Å². The summed E-state index contributed by atoms with van der Waals surface area (Å²) in [6, 6.07) is 12.2. The molecule has 0 aliphatic carbocycles. The lowest BCUT2D eigenvalue weighted by molar-refractivity contribution is 0.0785. The van der Waals surface area contributed by atoms with Crippen LogP contribution in [0.5, 0.6) is 0 Å². The van der Waals surface area contributed by atoms with Gasteiger partial charge in [0, 0.05) is 42.1 Å². The average Bonchev–Trinajstić information content (AvgIpc) is 3.48. The summed E-state index contributed by atoms with van der Waals surface area (Å²) < 4.78 is 2.99. The van der Waals surface area contributed by atoms with Crippen LogP contribution in [0.3, 0.4) is 0 Å². The summed E-state index contributed by atoms with van der Waals surface area (Å²) in [5.74, 6) is 0.0422. The van der Waals surface area contributed by atoms with Crippen molar-refractivity contribution in [2.45, 2.75) is 39.2 Å². The van der Waals surface area contributed by atoms with Gasteiger partial charge in [0.2, 0.25) is 0 Å². The molecule has 0 saturated carbocycles. The minimum Gasteiger partial charge on any atom is -0.349 e. The summed E-state index contributed by atoms with van der Waals surface area (Å²) >= 11 is 1.54. The highest BCUT2D eigenvalue weighted by atomic mass is 32.1. The van der Waals surface area contributed by atoms with Crippen LogP contribution < -0.4 is 5.32 Å². The maximum Gasteiger partial charge on any atom is 0.274 e. The number of likely N-dealkylation sites (tertiary alicyclic amines) is 1. The third kappa shape index (κ3) is 3.66. The number of imidazole rings is 1. The van der Waals surface area contributed by atoms with Crippen molar-refractivity contribution in [2.75, 3.05) is 13.1 Å². The first kappa shape index (κ1) is 20.7. The fourth-order valence-corrected chi connectivity index (χ4v) is 5.69. The van der Waals surface area contributed by atoms with Gasteiger partial charge >= 0.3 is 0 Å². The van der Waals surface area contributed by atoms with E-state index in [4.69, 9.17) is 0 Å². The first-order valence-corrected chi connectivity index (χ1v) is 11.8. The van der Waals surface area contributed by atoms with Crippen LogP contribution in [0.1, 0.15) is 57.5 Å². The van der Waals surface area contributed by atoms with E-state index in [1.165, 1.54) is 11.3 Å². The minimum atomic E-state index is -0.0541. The van der Waals surface area contributed by atoms with Crippen LogP contribution in [0.4, 0.5) is 0 Å². The van der Waals surface area contributed by atoms with Crippen LogP contribution in [-0.4, -0.2) is 45.2 Å². The lowest BCUT2D eigenvalue weighted by atomic mass is 9.95. The van der Waals surface area contributed by atoms with E-state index in [2.05, 4.69) is 22.4 Å². The average molecular weight is 447 g/mol. The number of hydrogen-bond acceptors (Lipinski definition) is 4. The molecule has 0 bridgehead atoms. The van der Waals surface area contributed by atoms with Gasteiger partial charge in [0.05, 0.1) is 4.88 Å². The summed E-state index contributed by atoms with van der Waals surface area (Å²) in [5, 5.41) is 4.16. The second kappa shape index (κ2) is 8.06. The fourth-order valence-electron chi connectivity index (χ4n) is 4.50. The Kier molecular flexibility index (Phi) is 5.21. The van der Waals surface area contributed by atoms with E-state index < -0.39 is 0 Å². The van der Waals surface area contributed by atoms with Gasteiger partial charge in [-0.2, -0.15) is 0 Å². The summed E-state index contributed by atoms with van der Waals surface area (Å²) in [6.07, 6.45) is 4.56. The molecule has 3 aromatic heterocycles. The molecule has 0 unspecified atom stereocenters. The largest absolute Gasteiger partial charge is 0.349 e. The summed E-state index contributed by atoms with van der Waals surface area (Å²) in [4.78, 5) is 33.4. The highest BCUT2D eigenvalue weighted by Crippen LogP contribution is 2.40. The molecule has 164 valence electrons. The molecular weight excluding hydrogens is 420 g/mol. The molecule has 0 radical (unpaired) electrons. The quantitative estimate of drug-likeness (QED) is 0.497. The Morgan fingerprint density at radius 2 is 2.03 bits per heavy atom. The van der Waals surface area contributed by atoms with Gasteiger partial charge in [-0.05, 0) is 61.9 Å². The highest BCUT2D eigenvalue weighted by molar-refractivity contribution is 7.21. The molecule has 1 aliphatic rings. The molecule has 2 amide bonds. The first-order valence-electron chi connectivity index (χ1n) is 11.0. The molecular formula is C25H26N4O2S. The van der Waals surface area contributed by atoms with Crippen LogP contribution in [0.2, 0.25) is 0 Å². The molecule has 4 heterocycles. The van der Waals surface area contributed by atoms with E-state index in [0.29, 0.717) is 18.8 Å². The van der Waals surface area contributed by atoms with Gasteiger partial charge in [-0.1, -0.05) is 18.2 Å². The van der Waals surface area contributed by atoms with Gasteiger partial charge in [-0.15, -0.1) is 11.3 Å². The molecule has 1 aromatic carbocycles. The molecule has 6 nitrogen and oxygen atoms in total. The number of nitrogens with one attached hydrogen (secondary N) is 1.